The summed E-state index contributed by atoms with van der Waals surface area (Å²) in [4.78, 5) is 12.4. The van der Waals surface area contributed by atoms with E-state index in [9.17, 15) is 4.79 Å². The molecule has 0 bridgehead atoms. The summed E-state index contributed by atoms with van der Waals surface area (Å²) in [6.07, 6.45) is 9.85. The number of rotatable bonds is 6. The molecule has 2 rings (SSSR count). The van der Waals surface area contributed by atoms with Crippen LogP contribution in [0, 0.1) is 5.92 Å². The van der Waals surface area contributed by atoms with Gasteiger partial charge in [0.05, 0.1) is 0 Å². The van der Waals surface area contributed by atoms with Crippen LogP contribution in [0.5, 0.6) is 0 Å². The second-order valence-corrected chi connectivity index (χ2v) is 7.62. The molecule has 0 saturated heterocycles. The maximum atomic E-state index is 12.1. The zero-order chi connectivity index (χ0) is 13.5. The molecule has 0 N–H and O–H groups in total. The van der Waals surface area contributed by atoms with Gasteiger partial charge in [0.1, 0.15) is 0 Å². The summed E-state index contributed by atoms with van der Waals surface area (Å²) in [5, 5.41) is 0. The molecule has 0 aromatic heterocycles. The molecule has 2 unspecified atom stereocenters. The number of Topliss-reactive ketones (excluding diaryl/α,β-unsaturated/α-hetero) is 1. The predicted molar refractivity (Wildman–Crippen MR) is 82.0 cm³/mol. The van der Waals surface area contributed by atoms with E-state index in [1.165, 1.54) is 10.9 Å². The van der Waals surface area contributed by atoms with Crippen molar-refractivity contribution in [3.05, 3.63) is 42.5 Å². The van der Waals surface area contributed by atoms with Gasteiger partial charge >= 0.3 is 122 Å². The number of ketones is 1. The van der Waals surface area contributed by atoms with Crippen LogP contribution in [0.4, 0.5) is 0 Å². The van der Waals surface area contributed by atoms with E-state index in [0.717, 1.165) is 25.7 Å². The van der Waals surface area contributed by atoms with Gasteiger partial charge in [-0.15, -0.1) is 0 Å². The first-order valence-corrected chi connectivity index (χ1v) is 9.05. The van der Waals surface area contributed by atoms with Crippen LogP contribution in [0.1, 0.15) is 39.0 Å². The quantitative estimate of drug-likeness (QED) is 0.579. The average molecular weight is 321 g/mol. The van der Waals surface area contributed by atoms with Gasteiger partial charge in [-0.1, -0.05) is 0 Å². The number of hydrogen-bond acceptors (Lipinski definition) is 1. The van der Waals surface area contributed by atoms with Crippen LogP contribution in [-0.2, 0) is 4.79 Å². The molecule has 1 aliphatic carbocycles. The minimum absolute atomic E-state index is 0.313. The molecule has 1 aromatic carbocycles. The summed E-state index contributed by atoms with van der Waals surface area (Å²) in [5.74, 6) is 1.13. The molecule has 1 fully saturated rings. The molecule has 0 heterocycles. The number of hydrogen-bond donors (Lipinski definition) is 0. The van der Waals surface area contributed by atoms with E-state index in [4.69, 9.17) is 0 Å². The second kappa shape index (κ2) is 7.67. The number of carbonyl (C=O) groups excluding carboxylic acids is 1. The van der Waals surface area contributed by atoms with Crippen molar-refractivity contribution in [1.29, 1.82) is 0 Å². The topological polar surface area (TPSA) is 17.1 Å². The summed E-state index contributed by atoms with van der Waals surface area (Å²) in [5.41, 5.74) is 0. The second-order valence-electron chi connectivity index (χ2n) is 5.07. The van der Waals surface area contributed by atoms with Gasteiger partial charge in [-0.2, -0.15) is 0 Å². The molecule has 2 heteroatoms. The molecule has 1 aromatic rings. The molecule has 2 atom stereocenters. The summed E-state index contributed by atoms with van der Waals surface area (Å²) in [6, 6.07) is 10.5. The van der Waals surface area contributed by atoms with Crippen molar-refractivity contribution < 1.29 is 4.79 Å². The van der Waals surface area contributed by atoms with E-state index >= 15 is 0 Å². The molecular weight excluding hydrogens is 299 g/mol. The third-order valence-corrected chi connectivity index (χ3v) is 6.65. The first kappa shape index (κ1) is 14.6. The Labute approximate surface area is 122 Å². The van der Waals surface area contributed by atoms with Crippen LogP contribution in [-0.4, -0.2) is 20.7 Å². The number of carbonyl (C=O) groups is 1. The first-order valence-electron chi connectivity index (χ1n) is 7.20. The number of benzene rings is 1. The molecule has 102 valence electrons. The monoisotopic (exact) mass is 322 g/mol. The Bertz CT molecular complexity index is 424. The van der Waals surface area contributed by atoms with Crippen molar-refractivity contribution in [3.63, 3.8) is 0 Å². The van der Waals surface area contributed by atoms with Gasteiger partial charge < -0.3 is 0 Å². The van der Waals surface area contributed by atoms with Gasteiger partial charge in [-0.25, -0.2) is 0 Å². The van der Waals surface area contributed by atoms with Crippen LogP contribution in [0.25, 0.3) is 0 Å². The molecule has 1 saturated carbocycles. The van der Waals surface area contributed by atoms with Crippen molar-refractivity contribution >= 4 is 25.2 Å². The normalized spacial score (nSPS) is 23.3. The van der Waals surface area contributed by atoms with Crippen molar-refractivity contribution in [3.8, 4) is 0 Å². The standard InChI is InChI=1S/C17H22OSe/c1-2-3-4-6-9-14-12-13-16(18)17(14)19-15-10-7-5-8-11-15/h3-5,7-8,10-11,14,17H,2,6,9,12-13H2,1H3. The van der Waals surface area contributed by atoms with Gasteiger partial charge in [0.25, 0.3) is 0 Å². The molecule has 19 heavy (non-hydrogen) atoms. The Balaban J connectivity index is 1.92. The molecule has 0 amide bonds. The van der Waals surface area contributed by atoms with Gasteiger partial charge in [-0.05, 0) is 0 Å². The SMILES string of the molecule is CCC=CCCC1CCC(=O)C1[Se]c1ccccc1. The van der Waals surface area contributed by atoms with Gasteiger partial charge in [0, 0.05) is 0 Å². The maximum absolute atomic E-state index is 12.1. The van der Waals surface area contributed by atoms with Gasteiger partial charge in [0.2, 0.25) is 0 Å². The summed E-state index contributed by atoms with van der Waals surface area (Å²) >= 11 is 0.313. The van der Waals surface area contributed by atoms with E-state index in [0.29, 0.717) is 31.5 Å². The number of allylic oxidation sites excluding steroid dienone is 2. The van der Waals surface area contributed by atoms with Crippen LogP contribution in [0.3, 0.4) is 0 Å². The molecule has 1 nitrogen and oxygen atoms in total. The minimum atomic E-state index is 0.313. The van der Waals surface area contributed by atoms with Crippen LogP contribution < -0.4 is 4.46 Å². The summed E-state index contributed by atoms with van der Waals surface area (Å²) < 4.78 is 1.37. The molecule has 1 aliphatic rings. The fraction of sp³-hybridized carbons (Fsp3) is 0.471. The third-order valence-electron chi connectivity index (χ3n) is 3.62. The van der Waals surface area contributed by atoms with E-state index < -0.39 is 0 Å². The van der Waals surface area contributed by atoms with Crippen molar-refractivity contribution in [2.24, 2.45) is 5.92 Å². The Morgan fingerprint density at radius 3 is 2.79 bits per heavy atom. The van der Waals surface area contributed by atoms with Crippen LogP contribution in [0.2, 0.25) is 4.82 Å². The predicted octanol–water partition coefficient (Wildman–Crippen LogP) is 3.53. The molecule has 0 spiro atoms. The molecular formula is C17H22OSe. The first-order chi connectivity index (χ1) is 9.31. The Hall–Kier alpha value is -0.851. The zero-order valence-corrected chi connectivity index (χ0v) is 13.3. The van der Waals surface area contributed by atoms with E-state index in [-0.39, 0.29) is 0 Å². The molecule has 0 radical (unpaired) electrons. The van der Waals surface area contributed by atoms with Gasteiger partial charge in [-0.3, -0.25) is 0 Å². The average Bonchev–Trinajstić information content (AvgIpc) is 2.78. The Kier molecular flexibility index (Phi) is 5.88. The summed E-state index contributed by atoms with van der Waals surface area (Å²) in [7, 11) is 0. The fourth-order valence-electron chi connectivity index (χ4n) is 2.58. The van der Waals surface area contributed by atoms with E-state index in [1.807, 2.05) is 6.07 Å². The van der Waals surface area contributed by atoms with Crippen molar-refractivity contribution in [1.82, 2.24) is 0 Å². The fourth-order valence-corrected chi connectivity index (χ4v) is 5.35. The molecule has 0 aliphatic heterocycles. The zero-order valence-electron chi connectivity index (χ0n) is 11.5. The van der Waals surface area contributed by atoms with Crippen LogP contribution in [0.15, 0.2) is 42.5 Å². The Morgan fingerprint density at radius 1 is 1.26 bits per heavy atom. The Morgan fingerprint density at radius 2 is 2.05 bits per heavy atom. The van der Waals surface area contributed by atoms with Crippen LogP contribution >= 0.6 is 0 Å². The third kappa shape index (κ3) is 4.33. The van der Waals surface area contributed by atoms with E-state index in [1.54, 1.807) is 0 Å². The van der Waals surface area contributed by atoms with Crippen molar-refractivity contribution in [2.75, 3.05) is 0 Å². The van der Waals surface area contributed by atoms with Crippen molar-refractivity contribution in [2.45, 2.75) is 43.8 Å². The van der Waals surface area contributed by atoms with Gasteiger partial charge in [0.15, 0.2) is 0 Å². The summed E-state index contributed by atoms with van der Waals surface area (Å²) in [6.45, 7) is 2.16. The van der Waals surface area contributed by atoms with E-state index in [2.05, 4.69) is 43.3 Å².